The van der Waals surface area contributed by atoms with Gasteiger partial charge in [0.1, 0.15) is 0 Å². The molecule has 0 aliphatic rings. The van der Waals surface area contributed by atoms with E-state index in [4.69, 9.17) is 0 Å². The minimum Gasteiger partial charge on any atom is -2.00 e. The Morgan fingerprint density at radius 3 is 0.625 bits per heavy atom. The van der Waals surface area contributed by atoms with Crippen LogP contribution < -0.4 is 0 Å². The van der Waals surface area contributed by atoms with Gasteiger partial charge in [-0.1, -0.05) is 0 Å². The molecule has 0 atom stereocenters. The smallest absolute Gasteiger partial charge is 2.00 e. The Bertz CT molecular complexity index is 16.0. The van der Waals surface area contributed by atoms with Crippen LogP contribution in [0.1, 0.15) is 0 Å². The van der Waals surface area contributed by atoms with Crippen LogP contribution in [0.5, 0.6) is 0 Å². The fourth-order valence-corrected chi connectivity index (χ4v) is 0. The molecular weight excluding hydrogens is 523 g/mol. The predicted octanol–water partition coefficient (Wildman–Crippen LogP) is -0.861. The summed E-state index contributed by atoms with van der Waals surface area (Å²) >= 11 is 0. The maximum Gasteiger partial charge on any atom is 3.00 e. The maximum atomic E-state index is 0. The van der Waals surface area contributed by atoms with Crippen LogP contribution >= 0.6 is 0 Å². The Hall–Kier alpha value is 2.96. The molecular formula is BiFeLaMnO4. The van der Waals surface area contributed by atoms with Crippen LogP contribution in [0.2, 0.25) is 0 Å². The van der Waals surface area contributed by atoms with Gasteiger partial charge in [0.05, 0.1) is 0 Å². The van der Waals surface area contributed by atoms with Gasteiger partial charge < -0.3 is 21.9 Å². The zero-order valence-electron chi connectivity index (χ0n) is 3.39. The quantitative estimate of drug-likeness (QED) is 0.369. The third-order valence-electron chi connectivity index (χ3n) is 0. The summed E-state index contributed by atoms with van der Waals surface area (Å²) in [5, 5.41) is 0. The molecule has 4 nitrogen and oxygen atoms in total. The minimum absolute atomic E-state index is 0. The average molecular weight is 523 g/mol. The van der Waals surface area contributed by atoms with E-state index in [1.807, 2.05) is 0 Å². The predicted molar refractivity (Wildman–Crippen MR) is 8.50 cm³/mol. The van der Waals surface area contributed by atoms with Crippen LogP contribution in [0.3, 0.4) is 0 Å². The summed E-state index contributed by atoms with van der Waals surface area (Å²) in [5.74, 6) is 0. The van der Waals surface area contributed by atoms with Gasteiger partial charge in [-0.2, -0.15) is 0 Å². The molecule has 0 aliphatic heterocycles. The van der Waals surface area contributed by atoms with E-state index < -0.39 is 0 Å². The monoisotopic (exact) mass is 523 g/mol. The molecule has 0 aliphatic carbocycles. The first-order valence-corrected chi connectivity index (χ1v) is 0. The van der Waals surface area contributed by atoms with Gasteiger partial charge in [0.15, 0.2) is 0 Å². The Kier molecular flexibility index (Phi) is 1420. The summed E-state index contributed by atoms with van der Waals surface area (Å²) in [5.41, 5.74) is 0. The van der Waals surface area contributed by atoms with Crippen molar-refractivity contribution in [3.05, 3.63) is 0 Å². The van der Waals surface area contributed by atoms with Crippen LogP contribution in [0.15, 0.2) is 0 Å². The minimum atomic E-state index is 0. The number of hydrogen-bond acceptors (Lipinski definition) is 0. The second-order valence-corrected chi connectivity index (χ2v) is 0. The van der Waals surface area contributed by atoms with Gasteiger partial charge in [0, 0.05) is 17.1 Å². The third-order valence-corrected chi connectivity index (χ3v) is 0. The summed E-state index contributed by atoms with van der Waals surface area (Å²) in [6.45, 7) is 0. The Balaban J connectivity index is 0. The van der Waals surface area contributed by atoms with Gasteiger partial charge in [-0.3, -0.25) is 0 Å². The molecule has 0 heterocycles. The Morgan fingerprint density at radius 1 is 0.625 bits per heavy atom. The zero-order chi connectivity index (χ0) is 0. The summed E-state index contributed by atoms with van der Waals surface area (Å²) < 4.78 is 0. The fraction of sp³-hybridized carbons (Fsp3) is 0. The van der Waals surface area contributed by atoms with Gasteiger partial charge in [0.2, 0.25) is 0 Å². The molecule has 3 radical (unpaired) electrons. The normalized spacial score (nSPS) is 0. The Morgan fingerprint density at radius 2 is 0.625 bits per heavy atom. The van der Waals surface area contributed by atoms with Gasteiger partial charge >= 0.3 is 78.9 Å². The van der Waals surface area contributed by atoms with E-state index in [0.717, 1.165) is 0 Å². The summed E-state index contributed by atoms with van der Waals surface area (Å²) in [6, 6.07) is 0. The number of hydrogen-bond donors (Lipinski definition) is 0. The molecule has 47 valence electrons. The van der Waals surface area contributed by atoms with Gasteiger partial charge in [0.25, 0.3) is 0 Å². The molecule has 0 N–H and O–H groups in total. The molecule has 0 saturated heterocycles. The number of rotatable bonds is 0. The molecule has 0 aromatic rings. The van der Waals surface area contributed by atoms with Crippen LogP contribution in [-0.4, -0.2) is 26.2 Å². The molecule has 0 amide bonds. The van der Waals surface area contributed by atoms with E-state index in [9.17, 15) is 0 Å². The second kappa shape index (κ2) is 91.4. The topological polar surface area (TPSA) is 114 Å². The van der Waals surface area contributed by atoms with Crippen molar-refractivity contribution in [2.75, 3.05) is 0 Å². The van der Waals surface area contributed by atoms with Gasteiger partial charge in [-0.15, -0.1) is 0 Å². The zero-order valence-corrected chi connectivity index (χ0v) is 12.8. The molecule has 0 aromatic carbocycles. The van der Waals surface area contributed by atoms with Crippen molar-refractivity contribution in [3.8, 4) is 0 Å². The summed E-state index contributed by atoms with van der Waals surface area (Å²) in [4.78, 5) is 0. The third kappa shape index (κ3) is 64.9. The molecule has 0 rings (SSSR count). The first-order chi connectivity index (χ1) is 0. The van der Waals surface area contributed by atoms with Gasteiger partial charge in [-0.25, -0.2) is 0 Å². The molecule has 8 heteroatoms. The van der Waals surface area contributed by atoms with Crippen molar-refractivity contribution < 1.29 is 91.6 Å². The van der Waals surface area contributed by atoms with Crippen LogP contribution in [0.4, 0.5) is 0 Å². The molecule has 0 aromatic heterocycles. The van der Waals surface area contributed by atoms with E-state index in [0.29, 0.717) is 0 Å². The van der Waals surface area contributed by atoms with Crippen molar-refractivity contribution in [2.45, 2.75) is 0 Å². The average Bonchev–Trinajstić information content (AvgIpc) is 0. The molecule has 0 fully saturated rings. The fourth-order valence-electron chi connectivity index (χ4n) is 0. The van der Waals surface area contributed by atoms with E-state index >= 15 is 0 Å². The van der Waals surface area contributed by atoms with Crippen molar-refractivity contribution >= 4 is 26.2 Å². The summed E-state index contributed by atoms with van der Waals surface area (Å²) in [6.07, 6.45) is 0. The molecule has 0 bridgehead atoms. The molecule has 0 spiro atoms. The van der Waals surface area contributed by atoms with E-state index in [1.165, 1.54) is 0 Å². The van der Waals surface area contributed by atoms with Crippen LogP contribution in [-0.2, 0) is 56.0 Å². The van der Waals surface area contributed by atoms with Gasteiger partial charge in [-0.05, 0) is 0 Å². The first kappa shape index (κ1) is 124. The maximum absolute atomic E-state index is 0. The second-order valence-electron chi connectivity index (χ2n) is 0. The summed E-state index contributed by atoms with van der Waals surface area (Å²) in [7, 11) is 0. The van der Waals surface area contributed by atoms with Crippen LogP contribution in [0.25, 0.3) is 0 Å². The molecule has 8 heavy (non-hydrogen) atoms. The van der Waals surface area contributed by atoms with Crippen molar-refractivity contribution in [1.82, 2.24) is 0 Å². The van der Waals surface area contributed by atoms with E-state index in [2.05, 4.69) is 0 Å². The van der Waals surface area contributed by atoms with E-state index in [1.54, 1.807) is 0 Å². The molecule has 0 saturated carbocycles. The van der Waals surface area contributed by atoms with E-state index in [-0.39, 0.29) is 118 Å². The molecule has 0 unspecified atom stereocenters. The van der Waals surface area contributed by atoms with Crippen molar-refractivity contribution in [2.24, 2.45) is 0 Å². The van der Waals surface area contributed by atoms with Crippen LogP contribution in [0, 0.1) is 35.6 Å². The largest absolute Gasteiger partial charge is 3.00 e. The Labute approximate surface area is 116 Å². The SMILES string of the molecule is [Bi+3].[Fe].[La+3].[Mn+2].[O-2].[O-2].[O-2].[O-2]. The van der Waals surface area contributed by atoms with Crippen molar-refractivity contribution in [1.29, 1.82) is 0 Å². The standard InChI is InChI=1S/Bi.Fe.La.Mn.4O/q+3;;+3;+2;4*-2. The first-order valence-electron chi connectivity index (χ1n) is 0. The van der Waals surface area contributed by atoms with Crippen molar-refractivity contribution in [3.63, 3.8) is 0 Å².